The van der Waals surface area contributed by atoms with Crippen LogP contribution in [0, 0.1) is 0 Å². The fourth-order valence-corrected chi connectivity index (χ4v) is 3.99. The summed E-state index contributed by atoms with van der Waals surface area (Å²) in [5.41, 5.74) is 1.78. The highest BCUT2D eigenvalue weighted by Crippen LogP contribution is 2.39. The molecule has 0 saturated carbocycles. The van der Waals surface area contributed by atoms with Crippen LogP contribution in [0.1, 0.15) is 33.8 Å². The average Bonchev–Trinajstić information content (AvgIpc) is 2.88. The molecule has 0 spiro atoms. The predicted octanol–water partition coefficient (Wildman–Crippen LogP) is 4.35. The Hall–Kier alpha value is -4.59. The Kier molecular flexibility index (Phi) is 6.55. The monoisotopic (exact) mass is 474 g/mol. The van der Waals surface area contributed by atoms with Gasteiger partial charge in [0.1, 0.15) is 23.3 Å². The molecule has 178 valence electrons. The van der Waals surface area contributed by atoms with E-state index in [0.29, 0.717) is 16.7 Å². The fourth-order valence-electron chi connectivity index (χ4n) is 3.99. The zero-order valence-corrected chi connectivity index (χ0v) is 19.0. The van der Waals surface area contributed by atoms with Crippen molar-refractivity contribution in [2.45, 2.75) is 12.3 Å². The number of esters is 2. The highest BCUT2D eigenvalue weighted by molar-refractivity contribution is 5.90. The molecule has 0 radical (unpaired) electrons. The van der Waals surface area contributed by atoms with Crippen molar-refractivity contribution < 1.29 is 33.7 Å². The van der Waals surface area contributed by atoms with Gasteiger partial charge >= 0.3 is 11.9 Å². The third-order valence-corrected chi connectivity index (χ3v) is 5.82. The lowest BCUT2D eigenvalue weighted by molar-refractivity contribution is -0.140. The van der Waals surface area contributed by atoms with E-state index in [4.69, 9.17) is 13.9 Å². The molecule has 1 aromatic heterocycles. The minimum absolute atomic E-state index is 0.0648. The van der Waals surface area contributed by atoms with Crippen LogP contribution in [0.15, 0.2) is 76.1 Å². The zero-order chi connectivity index (χ0) is 25.1. The molecule has 35 heavy (non-hydrogen) atoms. The molecule has 2 N–H and O–H groups in total. The van der Waals surface area contributed by atoms with E-state index in [1.165, 1.54) is 44.7 Å². The Bertz CT molecular complexity index is 1450. The van der Waals surface area contributed by atoms with Crippen molar-refractivity contribution in [1.82, 2.24) is 0 Å². The lowest BCUT2D eigenvalue weighted by Crippen LogP contribution is -2.13. The van der Waals surface area contributed by atoms with Gasteiger partial charge in [-0.15, -0.1) is 0 Å². The van der Waals surface area contributed by atoms with Gasteiger partial charge in [-0.05, 0) is 47.5 Å². The second kappa shape index (κ2) is 9.72. The second-order valence-electron chi connectivity index (χ2n) is 7.85. The summed E-state index contributed by atoms with van der Waals surface area (Å²) in [5.74, 6) is -1.88. The number of aromatic hydroxyl groups is 2. The van der Waals surface area contributed by atoms with E-state index < -0.39 is 17.9 Å². The van der Waals surface area contributed by atoms with Crippen LogP contribution < -0.4 is 5.43 Å². The third kappa shape index (κ3) is 4.59. The van der Waals surface area contributed by atoms with Crippen molar-refractivity contribution in [3.63, 3.8) is 0 Å². The van der Waals surface area contributed by atoms with Gasteiger partial charge in [-0.3, -0.25) is 9.59 Å². The maximum absolute atomic E-state index is 13.3. The third-order valence-electron chi connectivity index (χ3n) is 5.82. The van der Waals surface area contributed by atoms with Gasteiger partial charge in [-0.1, -0.05) is 24.3 Å². The van der Waals surface area contributed by atoms with E-state index in [1.807, 2.05) is 0 Å². The van der Waals surface area contributed by atoms with E-state index in [0.717, 1.165) is 0 Å². The second-order valence-corrected chi connectivity index (χ2v) is 7.85. The number of methoxy groups -OCH3 is 2. The van der Waals surface area contributed by atoms with Crippen molar-refractivity contribution in [1.29, 1.82) is 0 Å². The van der Waals surface area contributed by atoms with Crippen LogP contribution in [-0.2, 0) is 14.3 Å². The number of phenols is 2. The first-order valence-corrected chi connectivity index (χ1v) is 10.7. The molecule has 0 aliphatic carbocycles. The van der Waals surface area contributed by atoms with E-state index in [2.05, 4.69) is 0 Å². The largest absolute Gasteiger partial charge is 0.508 e. The van der Waals surface area contributed by atoms with Crippen molar-refractivity contribution in [2.24, 2.45) is 0 Å². The molecule has 1 atom stereocenters. The number of ether oxygens (including phenoxy) is 2. The number of phenolic OH excluding ortho intramolecular Hbond substituents is 2. The summed E-state index contributed by atoms with van der Waals surface area (Å²) in [5, 5.41) is 20.6. The normalized spacial score (nSPS) is 11.7. The Labute approximate surface area is 200 Å². The number of carbonyl (C=O) groups is 2. The first kappa shape index (κ1) is 23.6. The van der Waals surface area contributed by atoms with Gasteiger partial charge in [0.25, 0.3) is 0 Å². The van der Waals surface area contributed by atoms with E-state index in [9.17, 15) is 24.6 Å². The minimum atomic E-state index is -0.736. The zero-order valence-electron chi connectivity index (χ0n) is 19.0. The number of rotatable bonds is 6. The molecule has 0 amide bonds. The Balaban J connectivity index is 1.89. The molecule has 0 aliphatic rings. The molecule has 1 heterocycles. The van der Waals surface area contributed by atoms with Crippen LogP contribution in [0.5, 0.6) is 11.5 Å². The Morgan fingerprint density at radius 1 is 0.914 bits per heavy atom. The minimum Gasteiger partial charge on any atom is -0.508 e. The van der Waals surface area contributed by atoms with Gasteiger partial charge in [-0.25, -0.2) is 4.79 Å². The molecule has 0 fully saturated rings. The first-order chi connectivity index (χ1) is 16.8. The molecule has 8 nitrogen and oxygen atoms in total. The van der Waals surface area contributed by atoms with Crippen LogP contribution in [0.3, 0.4) is 0 Å². The number of hydrogen-bond donors (Lipinski definition) is 2. The number of carbonyl (C=O) groups excluding carboxylic acids is 2. The molecule has 0 saturated heterocycles. The standard InChI is InChI=1S/C27H22O8/c1-33-23(30)13-20(15-3-5-17(6-4-15)27(32)34-2)24-22(29)12-11-19-25(31)21(14-35-26(19)24)16-7-9-18(28)10-8-16/h3-12,14,20,28-29H,13H2,1-2H3. The van der Waals surface area contributed by atoms with Gasteiger partial charge in [0, 0.05) is 11.5 Å². The highest BCUT2D eigenvalue weighted by Gasteiger charge is 2.27. The van der Waals surface area contributed by atoms with Crippen LogP contribution in [-0.4, -0.2) is 36.4 Å². The van der Waals surface area contributed by atoms with E-state index >= 15 is 0 Å². The number of benzene rings is 3. The fraction of sp³-hybridized carbons (Fsp3) is 0.148. The summed E-state index contributed by atoms with van der Waals surface area (Å²) >= 11 is 0. The summed E-state index contributed by atoms with van der Waals surface area (Å²) in [4.78, 5) is 37.4. The SMILES string of the molecule is COC(=O)CC(c1ccc(C(=O)OC)cc1)c1c(O)ccc2c(=O)c(-c3ccc(O)cc3)coc12. The van der Waals surface area contributed by atoms with Crippen molar-refractivity contribution in [3.8, 4) is 22.6 Å². The van der Waals surface area contributed by atoms with Gasteiger partial charge in [0.05, 0.1) is 37.2 Å². The summed E-state index contributed by atoms with van der Waals surface area (Å²) in [6.45, 7) is 0. The maximum Gasteiger partial charge on any atom is 0.337 e. The van der Waals surface area contributed by atoms with Crippen molar-refractivity contribution in [3.05, 3.63) is 93.8 Å². The molecule has 8 heteroatoms. The quantitative estimate of drug-likeness (QED) is 0.395. The van der Waals surface area contributed by atoms with E-state index in [-0.39, 0.29) is 45.4 Å². The Morgan fingerprint density at radius 3 is 2.23 bits per heavy atom. The summed E-state index contributed by atoms with van der Waals surface area (Å²) < 4.78 is 15.5. The predicted molar refractivity (Wildman–Crippen MR) is 128 cm³/mol. The molecule has 0 aliphatic heterocycles. The van der Waals surface area contributed by atoms with Gasteiger partial charge < -0.3 is 24.1 Å². The van der Waals surface area contributed by atoms with Crippen LogP contribution >= 0.6 is 0 Å². The van der Waals surface area contributed by atoms with Crippen LogP contribution in [0.4, 0.5) is 0 Å². The smallest absolute Gasteiger partial charge is 0.337 e. The Morgan fingerprint density at radius 2 is 1.60 bits per heavy atom. The number of fused-ring (bicyclic) bond motifs is 1. The number of hydrogen-bond acceptors (Lipinski definition) is 8. The van der Waals surface area contributed by atoms with Crippen LogP contribution in [0.2, 0.25) is 0 Å². The maximum atomic E-state index is 13.3. The molecule has 4 aromatic rings. The molecular formula is C27H22O8. The summed E-state index contributed by atoms with van der Waals surface area (Å²) in [6.07, 6.45) is 1.14. The molecular weight excluding hydrogens is 452 g/mol. The summed E-state index contributed by atoms with van der Waals surface area (Å²) in [6, 6.07) is 15.3. The first-order valence-electron chi connectivity index (χ1n) is 10.7. The van der Waals surface area contributed by atoms with Gasteiger partial charge in [0.15, 0.2) is 0 Å². The molecule has 3 aromatic carbocycles. The van der Waals surface area contributed by atoms with Crippen LogP contribution in [0.25, 0.3) is 22.1 Å². The van der Waals surface area contributed by atoms with Crippen molar-refractivity contribution in [2.75, 3.05) is 14.2 Å². The highest BCUT2D eigenvalue weighted by atomic mass is 16.5. The summed E-state index contributed by atoms with van der Waals surface area (Å²) in [7, 11) is 2.53. The topological polar surface area (TPSA) is 123 Å². The average molecular weight is 474 g/mol. The molecule has 4 rings (SSSR count). The van der Waals surface area contributed by atoms with Gasteiger partial charge in [-0.2, -0.15) is 0 Å². The lowest BCUT2D eigenvalue weighted by Gasteiger charge is -2.20. The van der Waals surface area contributed by atoms with Crippen molar-refractivity contribution >= 4 is 22.9 Å². The molecule has 0 bridgehead atoms. The lowest BCUT2D eigenvalue weighted by atomic mass is 9.86. The van der Waals surface area contributed by atoms with E-state index in [1.54, 1.807) is 36.4 Å². The molecule has 1 unspecified atom stereocenters. The van der Waals surface area contributed by atoms with Gasteiger partial charge in [0.2, 0.25) is 5.43 Å².